The molecule has 4 amide bonds. The van der Waals surface area contributed by atoms with E-state index < -0.39 is 39.3 Å². The SMILES string of the molecule is CCC1(c2ccccc2)NC(=O)N(NC(=O)C2CCN(S(=O)(=O)c3ccc(C)cc3)CC2)C1=O. The van der Waals surface area contributed by atoms with Crippen LogP contribution in [0.25, 0.3) is 0 Å². The molecule has 0 aliphatic carbocycles. The Kier molecular flexibility index (Phi) is 6.46. The number of hydrazine groups is 1. The number of hydrogen-bond acceptors (Lipinski definition) is 5. The second-order valence-corrected chi connectivity index (χ2v) is 10.6. The van der Waals surface area contributed by atoms with Gasteiger partial charge < -0.3 is 5.32 Å². The molecule has 1 atom stereocenters. The number of benzene rings is 2. The summed E-state index contributed by atoms with van der Waals surface area (Å²) in [5, 5.41) is 3.47. The molecule has 1 unspecified atom stereocenters. The molecule has 0 spiro atoms. The maximum atomic E-state index is 13.2. The van der Waals surface area contributed by atoms with Crippen LogP contribution in [0, 0.1) is 12.8 Å². The molecule has 2 aliphatic rings. The topological polar surface area (TPSA) is 116 Å². The monoisotopic (exact) mass is 484 g/mol. The highest BCUT2D eigenvalue weighted by Crippen LogP contribution is 2.32. The van der Waals surface area contributed by atoms with Gasteiger partial charge in [-0.2, -0.15) is 9.31 Å². The number of sulfonamides is 1. The predicted molar refractivity (Wildman–Crippen MR) is 125 cm³/mol. The number of urea groups is 1. The molecule has 0 radical (unpaired) electrons. The number of amides is 4. The van der Waals surface area contributed by atoms with E-state index in [1.165, 1.54) is 4.31 Å². The lowest BCUT2D eigenvalue weighted by atomic mass is 9.87. The van der Waals surface area contributed by atoms with Crippen molar-refractivity contribution in [3.63, 3.8) is 0 Å². The first kappa shape index (κ1) is 23.9. The van der Waals surface area contributed by atoms with Crippen LogP contribution in [-0.2, 0) is 25.2 Å². The van der Waals surface area contributed by atoms with Gasteiger partial charge in [-0.3, -0.25) is 15.0 Å². The zero-order valence-corrected chi connectivity index (χ0v) is 20.0. The molecule has 2 N–H and O–H groups in total. The van der Waals surface area contributed by atoms with E-state index >= 15 is 0 Å². The molecule has 2 aromatic rings. The highest BCUT2D eigenvalue weighted by Gasteiger charge is 2.52. The van der Waals surface area contributed by atoms with Crippen molar-refractivity contribution in [1.29, 1.82) is 0 Å². The average Bonchev–Trinajstić information content (AvgIpc) is 3.10. The van der Waals surface area contributed by atoms with Gasteiger partial charge in [-0.05, 0) is 43.9 Å². The van der Waals surface area contributed by atoms with E-state index in [0.717, 1.165) is 10.6 Å². The molecular formula is C24H28N4O5S. The zero-order chi connectivity index (χ0) is 24.5. The second kappa shape index (κ2) is 9.19. The van der Waals surface area contributed by atoms with Gasteiger partial charge in [0, 0.05) is 19.0 Å². The molecule has 0 aromatic heterocycles. The fraction of sp³-hybridized carbons (Fsp3) is 0.375. The van der Waals surface area contributed by atoms with E-state index in [1.807, 2.05) is 13.0 Å². The maximum Gasteiger partial charge on any atom is 0.344 e. The minimum absolute atomic E-state index is 0.178. The lowest BCUT2D eigenvalue weighted by Gasteiger charge is -2.31. The van der Waals surface area contributed by atoms with Gasteiger partial charge >= 0.3 is 6.03 Å². The first-order valence-corrected chi connectivity index (χ1v) is 12.7. The van der Waals surface area contributed by atoms with E-state index in [-0.39, 0.29) is 30.8 Å². The van der Waals surface area contributed by atoms with Gasteiger partial charge in [0.1, 0.15) is 5.54 Å². The molecule has 2 fully saturated rings. The van der Waals surface area contributed by atoms with Crippen molar-refractivity contribution in [2.75, 3.05) is 13.1 Å². The predicted octanol–water partition coefficient (Wildman–Crippen LogP) is 2.28. The summed E-state index contributed by atoms with van der Waals surface area (Å²) >= 11 is 0. The molecule has 2 aromatic carbocycles. The van der Waals surface area contributed by atoms with Crippen molar-refractivity contribution >= 4 is 27.9 Å². The largest absolute Gasteiger partial charge is 0.344 e. The van der Waals surface area contributed by atoms with E-state index in [4.69, 9.17) is 0 Å². The molecule has 2 aliphatic heterocycles. The lowest BCUT2D eigenvalue weighted by Crippen LogP contribution is -2.51. The highest BCUT2D eigenvalue weighted by molar-refractivity contribution is 7.89. The number of aryl methyl sites for hydroxylation is 1. The summed E-state index contributed by atoms with van der Waals surface area (Å²) in [6.07, 6.45) is 0.902. The van der Waals surface area contributed by atoms with Crippen LogP contribution in [0.15, 0.2) is 59.5 Å². The standard InChI is InChI=1S/C24H28N4O5S/c1-3-24(19-7-5-4-6-8-19)22(30)28(23(31)25-24)26-21(29)18-13-15-27(16-14-18)34(32,33)20-11-9-17(2)10-12-20/h4-12,18H,3,13-16H2,1-2H3,(H,25,31)(H,26,29). The molecule has 9 nitrogen and oxygen atoms in total. The van der Waals surface area contributed by atoms with E-state index in [2.05, 4.69) is 10.7 Å². The Bertz CT molecular complexity index is 1190. The summed E-state index contributed by atoms with van der Waals surface area (Å²) in [5.74, 6) is -1.53. The molecule has 0 saturated carbocycles. The van der Waals surface area contributed by atoms with Crippen LogP contribution in [0.3, 0.4) is 0 Å². The second-order valence-electron chi connectivity index (χ2n) is 8.66. The van der Waals surface area contributed by atoms with E-state index in [9.17, 15) is 22.8 Å². The molecule has 2 saturated heterocycles. The number of carbonyl (C=O) groups excluding carboxylic acids is 3. The molecule has 2 heterocycles. The van der Waals surface area contributed by atoms with Gasteiger partial charge in [0.05, 0.1) is 4.90 Å². The Morgan fingerprint density at radius 3 is 2.26 bits per heavy atom. The van der Waals surface area contributed by atoms with Gasteiger partial charge in [0.15, 0.2) is 0 Å². The molecule has 34 heavy (non-hydrogen) atoms. The molecule has 10 heteroatoms. The molecule has 0 bridgehead atoms. The molecular weight excluding hydrogens is 456 g/mol. The van der Waals surface area contributed by atoms with Gasteiger partial charge in [-0.25, -0.2) is 13.2 Å². The number of piperidine rings is 1. The summed E-state index contributed by atoms with van der Waals surface area (Å²) in [6.45, 7) is 4.03. The van der Waals surface area contributed by atoms with Crippen molar-refractivity contribution in [2.45, 2.75) is 43.5 Å². The molecule has 180 valence electrons. The van der Waals surface area contributed by atoms with Crippen LogP contribution in [-0.4, -0.2) is 48.7 Å². The Morgan fingerprint density at radius 2 is 1.68 bits per heavy atom. The van der Waals surface area contributed by atoms with Crippen LogP contribution < -0.4 is 10.7 Å². The summed E-state index contributed by atoms with van der Waals surface area (Å²) < 4.78 is 27.2. The van der Waals surface area contributed by atoms with Crippen LogP contribution in [0.5, 0.6) is 0 Å². The van der Waals surface area contributed by atoms with Crippen LogP contribution in [0.1, 0.15) is 37.3 Å². The third-order valence-electron chi connectivity index (χ3n) is 6.59. The smallest absolute Gasteiger partial charge is 0.318 e. The fourth-order valence-corrected chi connectivity index (χ4v) is 5.93. The van der Waals surface area contributed by atoms with Crippen molar-refractivity contribution in [3.05, 3.63) is 65.7 Å². The first-order chi connectivity index (χ1) is 16.2. The fourth-order valence-electron chi connectivity index (χ4n) is 4.46. The van der Waals surface area contributed by atoms with Crippen LogP contribution in [0.2, 0.25) is 0 Å². The minimum Gasteiger partial charge on any atom is -0.318 e. The summed E-state index contributed by atoms with van der Waals surface area (Å²) in [6, 6.07) is 14.9. The number of hydrogen-bond donors (Lipinski definition) is 2. The number of imide groups is 1. The summed E-state index contributed by atoms with van der Waals surface area (Å²) in [5.41, 5.74) is 2.83. The van der Waals surface area contributed by atoms with Gasteiger partial charge in [-0.15, -0.1) is 0 Å². The summed E-state index contributed by atoms with van der Waals surface area (Å²) in [7, 11) is -3.64. The van der Waals surface area contributed by atoms with Crippen molar-refractivity contribution in [2.24, 2.45) is 5.92 Å². The number of nitrogens with zero attached hydrogens (tertiary/aromatic N) is 2. The van der Waals surface area contributed by atoms with Gasteiger partial charge in [0.2, 0.25) is 15.9 Å². The van der Waals surface area contributed by atoms with E-state index in [1.54, 1.807) is 55.5 Å². The Balaban J connectivity index is 1.41. The third-order valence-corrected chi connectivity index (χ3v) is 8.51. The third kappa shape index (κ3) is 4.19. The van der Waals surface area contributed by atoms with Crippen LogP contribution >= 0.6 is 0 Å². The number of nitrogens with one attached hydrogen (secondary N) is 2. The average molecular weight is 485 g/mol. The Hall–Kier alpha value is -3.24. The highest BCUT2D eigenvalue weighted by atomic mass is 32.2. The number of rotatable bonds is 6. The summed E-state index contributed by atoms with van der Waals surface area (Å²) in [4.78, 5) is 38.9. The van der Waals surface area contributed by atoms with Crippen molar-refractivity contribution in [1.82, 2.24) is 20.1 Å². The Morgan fingerprint density at radius 1 is 1.06 bits per heavy atom. The normalized spacial score (nSPS) is 22.0. The molecule has 4 rings (SSSR count). The van der Waals surface area contributed by atoms with Crippen molar-refractivity contribution in [3.8, 4) is 0 Å². The zero-order valence-electron chi connectivity index (χ0n) is 19.2. The number of carbonyl (C=O) groups is 3. The minimum atomic E-state index is -3.64. The lowest BCUT2D eigenvalue weighted by molar-refractivity contribution is -0.141. The van der Waals surface area contributed by atoms with Crippen molar-refractivity contribution < 1.29 is 22.8 Å². The van der Waals surface area contributed by atoms with E-state index in [0.29, 0.717) is 12.0 Å². The van der Waals surface area contributed by atoms with Gasteiger partial charge in [-0.1, -0.05) is 55.0 Å². The Labute approximate surface area is 199 Å². The maximum absolute atomic E-state index is 13.2. The quantitative estimate of drug-likeness (QED) is 0.611. The first-order valence-electron chi connectivity index (χ1n) is 11.3. The van der Waals surface area contributed by atoms with Crippen LogP contribution in [0.4, 0.5) is 4.79 Å². The van der Waals surface area contributed by atoms with Gasteiger partial charge in [0.25, 0.3) is 5.91 Å².